The topological polar surface area (TPSA) is 42.7 Å². The molecule has 1 aromatic rings. The van der Waals surface area contributed by atoms with Gasteiger partial charge in [-0.3, -0.25) is 4.79 Å². The third-order valence-corrected chi connectivity index (χ3v) is 2.92. The van der Waals surface area contributed by atoms with Crippen molar-refractivity contribution in [1.82, 2.24) is 4.90 Å². The summed E-state index contributed by atoms with van der Waals surface area (Å²) in [6.07, 6.45) is 0.150. The highest BCUT2D eigenvalue weighted by Gasteiger charge is 2.27. The smallest absolute Gasteiger partial charge is 0.289 e. The van der Waals surface area contributed by atoms with E-state index in [1.807, 2.05) is 13.8 Å². The molecule has 0 bridgehead atoms. The maximum atomic E-state index is 12.1. The van der Waals surface area contributed by atoms with Crippen LogP contribution in [0.25, 0.3) is 0 Å². The Balaban J connectivity index is 2.09. The first kappa shape index (κ1) is 11.7. The number of ether oxygens (including phenoxy) is 1. The number of carbonyl (C=O) groups is 1. The van der Waals surface area contributed by atoms with E-state index in [-0.39, 0.29) is 18.1 Å². The van der Waals surface area contributed by atoms with Crippen LogP contribution in [-0.2, 0) is 4.74 Å². The quantitative estimate of drug-likeness (QED) is 0.796. The van der Waals surface area contributed by atoms with E-state index in [9.17, 15) is 4.79 Å². The van der Waals surface area contributed by atoms with Gasteiger partial charge >= 0.3 is 0 Å². The monoisotopic (exact) mass is 287 g/mol. The van der Waals surface area contributed by atoms with Gasteiger partial charge in [-0.2, -0.15) is 0 Å². The average molecular weight is 288 g/mol. The fourth-order valence-electron chi connectivity index (χ4n) is 1.93. The summed E-state index contributed by atoms with van der Waals surface area (Å²) in [6.45, 7) is 5.16. The van der Waals surface area contributed by atoms with Crippen molar-refractivity contribution in [3.05, 3.63) is 22.6 Å². The van der Waals surface area contributed by atoms with Gasteiger partial charge in [0.25, 0.3) is 5.91 Å². The predicted octanol–water partition coefficient (Wildman–Crippen LogP) is 2.29. The van der Waals surface area contributed by atoms with Crippen LogP contribution in [0.3, 0.4) is 0 Å². The van der Waals surface area contributed by atoms with Gasteiger partial charge in [0, 0.05) is 13.1 Å². The van der Waals surface area contributed by atoms with Gasteiger partial charge in [-0.25, -0.2) is 0 Å². The van der Waals surface area contributed by atoms with E-state index >= 15 is 0 Å². The van der Waals surface area contributed by atoms with Crippen LogP contribution in [0.4, 0.5) is 0 Å². The van der Waals surface area contributed by atoms with Crippen LogP contribution < -0.4 is 0 Å². The minimum atomic E-state index is -0.0762. The summed E-state index contributed by atoms with van der Waals surface area (Å²) in [5, 5.41) is 0. The molecule has 2 rings (SSSR count). The molecule has 1 aromatic heterocycles. The highest BCUT2D eigenvalue weighted by Crippen LogP contribution is 2.18. The molecule has 1 saturated heterocycles. The normalized spacial score (nSPS) is 25.8. The summed E-state index contributed by atoms with van der Waals surface area (Å²) in [5.74, 6) is 0.292. The molecule has 2 atom stereocenters. The molecule has 0 N–H and O–H groups in total. The predicted molar refractivity (Wildman–Crippen MR) is 62.3 cm³/mol. The molecule has 88 valence electrons. The SMILES string of the molecule is C[C@@H]1CN(C(=O)c2ccc(Br)o2)C[C@@H](C)O1. The van der Waals surface area contributed by atoms with Gasteiger partial charge in [0.05, 0.1) is 12.2 Å². The van der Waals surface area contributed by atoms with Crippen LogP contribution in [0, 0.1) is 0 Å². The van der Waals surface area contributed by atoms with E-state index in [1.165, 1.54) is 0 Å². The number of hydrogen-bond donors (Lipinski definition) is 0. The lowest BCUT2D eigenvalue weighted by Gasteiger charge is -2.34. The number of amides is 1. The van der Waals surface area contributed by atoms with Crippen molar-refractivity contribution < 1.29 is 13.9 Å². The van der Waals surface area contributed by atoms with Crippen LogP contribution in [0.2, 0.25) is 0 Å². The number of nitrogens with zero attached hydrogens (tertiary/aromatic N) is 1. The number of carbonyl (C=O) groups excluding carboxylic acids is 1. The van der Waals surface area contributed by atoms with Gasteiger partial charge < -0.3 is 14.1 Å². The molecule has 0 spiro atoms. The molecule has 0 aromatic carbocycles. The molecule has 16 heavy (non-hydrogen) atoms. The van der Waals surface area contributed by atoms with Crippen LogP contribution in [-0.4, -0.2) is 36.1 Å². The van der Waals surface area contributed by atoms with E-state index in [2.05, 4.69) is 15.9 Å². The number of morpholine rings is 1. The number of furan rings is 1. The largest absolute Gasteiger partial charge is 0.444 e. The lowest BCUT2D eigenvalue weighted by Crippen LogP contribution is -2.48. The van der Waals surface area contributed by atoms with Gasteiger partial charge in [0.2, 0.25) is 0 Å². The molecule has 1 aliphatic heterocycles. The Kier molecular flexibility index (Phi) is 3.35. The van der Waals surface area contributed by atoms with Crippen molar-refractivity contribution in [3.8, 4) is 0 Å². The first-order valence-corrected chi connectivity index (χ1v) is 6.05. The summed E-state index contributed by atoms with van der Waals surface area (Å²) in [7, 11) is 0. The fraction of sp³-hybridized carbons (Fsp3) is 0.545. The van der Waals surface area contributed by atoms with E-state index in [0.29, 0.717) is 23.5 Å². The lowest BCUT2D eigenvalue weighted by atomic mass is 10.2. The van der Waals surface area contributed by atoms with Crippen LogP contribution in [0.1, 0.15) is 24.4 Å². The molecular formula is C11H14BrNO3. The van der Waals surface area contributed by atoms with Gasteiger partial charge in [-0.1, -0.05) is 0 Å². The molecule has 1 fully saturated rings. The zero-order valence-corrected chi connectivity index (χ0v) is 10.9. The van der Waals surface area contributed by atoms with Crippen LogP contribution >= 0.6 is 15.9 Å². The number of rotatable bonds is 1. The Morgan fingerprint density at radius 1 is 1.38 bits per heavy atom. The molecular weight excluding hydrogens is 274 g/mol. The Hall–Kier alpha value is -0.810. The van der Waals surface area contributed by atoms with Crippen LogP contribution in [0.15, 0.2) is 21.2 Å². The van der Waals surface area contributed by atoms with Gasteiger partial charge in [0.1, 0.15) is 0 Å². The maximum absolute atomic E-state index is 12.1. The van der Waals surface area contributed by atoms with E-state index < -0.39 is 0 Å². The van der Waals surface area contributed by atoms with Gasteiger partial charge in [0.15, 0.2) is 10.4 Å². The second-order valence-electron chi connectivity index (χ2n) is 4.07. The summed E-state index contributed by atoms with van der Waals surface area (Å²) >= 11 is 3.19. The van der Waals surface area contributed by atoms with Crippen molar-refractivity contribution in [2.45, 2.75) is 26.1 Å². The molecule has 0 saturated carbocycles. The Morgan fingerprint density at radius 3 is 2.50 bits per heavy atom. The van der Waals surface area contributed by atoms with Gasteiger partial charge in [-0.15, -0.1) is 0 Å². The molecule has 1 aliphatic rings. The molecule has 5 heteroatoms. The van der Waals surface area contributed by atoms with Crippen molar-refractivity contribution in [2.24, 2.45) is 0 Å². The minimum absolute atomic E-state index is 0.0751. The number of halogens is 1. The summed E-state index contributed by atoms with van der Waals surface area (Å²) < 4.78 is 11.4. The molecule has 0 aliphatic carbocycles. The standard InChI is InChI=1S/C11H14BrNO3/c1-7-5-13(6-8(2)15-7)11(14)9-3-4-10(12)16-9/h3-4,7-8H,5-6H2,1-2H3/t7-,8-/m1/s1. The minimum Gasteiger partial charge on any atom is -0.444 e. The zero-order valence-electron chi connectivity index (χ0n) is 9.27. The number of hydrogen-bond acceptors (Lipinski definition) is 3. The highest BCUT2D eigenvalue weighted by molar-refractivity contribution is 9.10. The van der Waals surface area contributed by atoms with Crippen LogP contribution in [0.5, 0.6) is 0 Å². The Bertz CT molecular complexity index is 380. The molecule has 4 nitrogen and oxygen atoms in total. The second kappa shape index (κ2) is 4.59. The van der Waals surface area contributed by atoms with Crippen molar-refractivity contribution >= 4 is 21.8 Å². The molecule has 0 unspecified atom stereocenters. The summed E-state index contributed by atoms with van der Waals surface area (Å²) in [5.41, 5.74) is 0. The molecule has 0 radical (unpaired) electrons. The molecule has 1 amide bonds. The first-order valence-electron chi connectivity index (χ1n) is 5.26. The maximum Gasteiger partial charge on any atom is 0.289 e. The summed E-state index contributed by atoms with van der Waals surface area (Å²) in [6, 6.07) is 3.40. The summed E-state index contributed by atoms with van der Waals surface area (Å²) in [4.78, 5) is 13.8. The second-order valence-corrected chi connectivity index (χ2v) is 4.85. The van der Waals surface area contributed by atoms with Gasteiger partial charge in [-0.05, 0) is 41.9 Å². The lowest BCUT2D eigenvalue weighted by molar-refractivity contribution is -0.0592. The molecule has 2 heterocycles. The third-order valence-electron chi connectivity index (χ3n) is 2.49. The van der Waals surface area contributed by atoms with Crippen molar-refractivity contribution in [2.75, 3.05) is 13.1 Å². The third kappa shape index (κ3) is 2.47. The average Bonchev–Trinajstić information content (AvgIpc) is 2.62. The van der Waals surface area contributed by atoms with Crippen molar-refractivity contribution in [1.29, 1.82) is 0 Å². The van der Waals surface area contributed by atoms with E-state index in [1.54, 1.807) is 17.0 Å². The zero-order chi connectivity index (χ0) is 11.7. The van der Waals surface area contributed by atoms with E-state index in [4.69, 9.17) is 9.15 Å². The van der Waals surface area contributed by atoms with Crippen molar-refractivity contribution in [3.63, 3.8) is 0 Å². The fourth-order valence-corrected chi connectivity index (χ4v) is 2.24. The van der Waals surface area contributed by atoms with E-state index in [0.717, 1.165) is 0 Å². The Labute approximate surface area is 103 Å². The Morgan fingerprint density at radius 2 is 2.00 bits per heavy atom. The highest BCUT2D eigenvalue weighted by atomic mass is 79.9. The first-order chi connectivity index (χ1) is 7.56.